The van der Waals surface area contributed by atoms with Crippen molar-refractivity contribution in [2.45, 2.75) is 18.6 Å². The maximum absolute atomic E-state index is 12.7. The molecule has 1 aromatic carbocycles. The van der Waals surface area contributed by atoms with E-state index in [0.717, 1.165) is 12.1 Å². The molecule has 0 bridgehead atoms. The Morgan fingerprint density at radius 3 is 2.73 bits per heavy atom. The molecule has 1 atom stereocenters. The quantitative estimate of drug-likeness (QED) is 0.924. The maximum atomic E-state index is 12.7. The largest absolute Gasteiger partial charge is 0.481 e. The first-order valence-electron chi connectivity index (χ1n) is 6.57. The summed E-state index contributed by atoms with van der Waals surface area (Å²) in [7, 11) is 0. The molecule has 1 saturated heterocycles. The van der Waals surface area contributed by atoms with Gasteiger partial charge in [-0.1, -0.05) is 6.07 Å². The van der Waals surface area contributed by atoms with Crippen LogP contribution in [0.2, 0.25) is 0 Å². The highest BCUT2D eigenvalue weighted by molar-refractivity contribution is 7.99. The number of hydrogen-bond donors (Lipinski definition) is 1. The number of carbonyl (C=O) groups is 2. The molecule has 1 heterocycles. The third kappa shape index (κ3) is 3.94. The standard InChI is InChI=1S/C14H14F3NO3S/c15-14(16,17)10-3-1-2-9(6-10)13(21)18-4-5-22-8-11(18)7-12(19)20/h1-3,6,11H,4-5,7-8H2,(H,19,20). The van der Waals surface area contributed by atoms with Gasteiger partial charge in [0.2, 0.25) is 0 Å². The molecule has 1 amide bonds. The van der Waals surface area contributed by atoms with E-state index < -0.39 is 29.7 Å². The average molecular weight is 333 g/mol. The lowest BCUT2D eigenvalue weighted by molar-refractivity contribution is -0.138. The van der Waals surface area contributed by atoms with Gasteiger partial charge in [-0.3, -0.25) is 9.59 Å². The van der Waals surface area contributed by atoms with E-state index in [4.69, 9.17) is 5.11 Å². The normalized spacial score (nSPS) is 19.0. The molecule has 1 N–H and O–H groups in total. The van der Waals surface area contributed by atoms with Crippen LogP contribution in [0.25, 0.3) is 0 Å². The first-order chi connectivity index (χ1) is 10.3. The smallest absolute Gasteiger partial charge is 0.416 e. The maximum Gasteiger partial charge on any atom is 0.416 e. The van der Waals surface area contributed by atoms with Crippen molar-refractivity contribution in [2.24, 2.45) is 0 Å². The van der Waals surface area contributed by atoms with Gasteiger partial charge in [-0.2, -0.15) is 24.9 Å². The van der Waals surface area contributed by atoms with Gasteiger partial charge in [0, 0.05) is 23.6 Å². The van der Waals surface area contributed by atoms with E-state index in [-0.39, 0.29) is 12.0 Å². The molecule has 1 unspecified atom stereocenters. The molecule has 120 valence electrons. The van der Waals surface area contributed by atoms with Crippen molar-refractivity contribution in [3.8, 4) is 0 Å². The molecule has 0 radical (unpaired) electrons. The first kappa shape index (κ1) is 16.7. The second-order valence-corrected chi connectivity index (χ2v) is 6.05. The van der Waals surface area contributed by atoms with Crippen LogP contribution in [0.4, 0.5) is 13.2 Å². The number of carboxylic acid groups (broad SMARTS) is 1. The molecule has 0 saturated carbocycles. The van der Waals surface area contributed by atoms with Crippen LogP contribution in [0.1, 0.15) is 22.3 Å². The van der Waals surface area contributed by atoms with Gasteiger partial charge in [-0.05, 0) is 18.2 Å². The fraction of sp³-hybridized carbons (Fsp3) is 0.429. The molecule has 8 heteroatoms. The molecule has 1 fully saturated rings. The van der Waals surface area contributed by atoms with E-state index in [1.54, 1.807) is 0 Å². The Kier molecular flexibility index (Phi) is 5.00. The van der Waals surface area contributed by atoms with Gasteiger partial charge in [0.1, 0.15) is 0 Å². The molecule has 1 aromatic rings. The molecular formula is C14H14F3NO3S. The number of nitrogens with zero attached hydrogens (tertiary/aromatic N) is 1. The van der Waals surface area contributed by atoms with Gasteiger partial charge in [-0.15, -0.1) is 0 Å². The zero-order valence-electron chi connectivity index (χ0n) is 11.5. The number of hydrogen-bond acceptors (Lipinski definition) is 3. The van der Waals surface area contributed by atoms with E-state index in [2.05, 4.69) is 0 Å². The van der Waals surface area contributed by atoms with Crippen molar-refractivity contribution < 1.29 is 27.9 Å². The van der Waals surface area contributed by atoms with Gasteiger partial charge >= 0.3 is 12.1 Å². The molecule has 0 aliphatic carbocycles. The number of carboxylic acids is 1. The van der Waals surface area contributed by atoms with Crippen LogP contribution >= 0.6 is 11.8 Å². The van der Waals surface area contributed by atoms with E-state index in [0.29, 0.717) is 18.1 Å². The highest BCUT2D eigenvalue weighted by atomic mass is 32.2. The fourth-order valence-corrected chi connectivity index (χ4v) is 3.35. The van der Waals surface area contributed by atoms with Crippen LogP contribution in [-0.4, -0.2) is 46.0 Å². The SMILES string of the molecule is O=C(O)CC1CSCCN1C(=O)c1cccc(C(F)(F)F)c1. The lowest BCUT2D eigenvalue weighted by Crippen LogP contribution is -2.47. The van der Waals surface area contributed by atoms with Crippen molar-refractivity contribution in [2.75, 3.05) is 18.1 Å². The predicted molar refractivity (Wildman–Crippen MR) is 75.8 cm³/mol. The van der Waals surface area contributed by atoms with Crippen molar-refractivity contribution in [1.29, 1.82) is 0 Å². The Labute approximate surface area is 129 Å². The van der Waals surface area contributed by atoms with Crippen LogP contribution in [0, 0.1) is 0 Å². The summed E-state index contributed by atoms with van der Waals surface area (Å²) in [6, 6.07) is 3.70. The number of rotatable bonds is 3. The summed E-state index contributed by atoms with van der Waals surface area (Å²) in [4.78, 5) is 24.7. The number of amides is 1. The summed E-state index contributed by atoms with van der Waals surface area (Å²) in [5.41, 5.74) is -0.961. The summed E-state index contributed by atoms with van der Waals surface area (Å²) >= 11 is 1.53. The molecule has 22 heavy (non-hydrogen) atoms. The van der Waals surface area contributed by atoms with Gasteiger partial charge in [0.05, 0.1) is 18.0 Å². The molecule has 0 spiro atoms. The lowest BCUT2D eigenvalue weighted by atomic mass is 10.1. The third-order valence-corrected chi connectivity index (χ3v) is 4.43. The molecule has 4 nitrogen and oxygen atoms in total. The predicted octanol–water partition coefficient (Wildman–Crippen LogP) is 2.74. The number of aliphatic carboxylic acids is 1. The average Bonchev–Trinajstić information content (AvgIpc) is 2.46. The zero-order chi connectivity index (χ0) is 16.3. The summed E-state index contributed by atoms with van der Waals surface area (Å²) in [5, 5.41) is 8.89. The van der Waals surface area contributed by atoms with Crippen molar-refractivity contribution in [3.63, 3.8) is 0 Å². The fourth-order valence-electron chi connectivity index (χ4n) is 2.29. The molecular weight excluding hydrogens is 319 g/mol. The zero-order valence-corrected chi connectivity index (χ0v) is 12.3. The summed E-state index contributed by atoms with van der Waals surface area (Å²) in [6.45, 7) is 0.331. The van der Waals surface area contributed by atoms with Crippen LogP contribution in [0.15, 0.2) is 24.3 Å². The minimum absolute atomic E-state index is 0.0721. The summed E-state index contributed by atoms with van der Waals surface area (Å²) in [6.07, 6.45) is -4.73. The van der Waals surface area contributed by atoms with Crippen molar-refractivity contribution in [1.82, 2.24) is 4.90 Å². The molecule has 2 rings (SSSR count). The van der Waals surface area contributed by atoms with Gasteiger partial charge in [-0.25, -0.2) is 0 Å². The summed E-state index contributed by atoms with van der Waals surface area (Å²) < 4.78 is 38.1. The number of benzene rings is 1. The van der Waals surface area contributed by atoms with Crippen LogP contribution < -0.4 is 0 Å². The topological polar surface area (TPSA) is 57.6 Å². The Hall–Kier alpha value is -1.70. The Morgan fingerprint density at radius 2 is 2.09 bits per heavy atom. The second kappa shape index (κ2) is 6.60. The number of carbonyl (C=O) groups excluding carboxylic acids is 1. The molecule has 0 aromatic heterocycles. The van der Waals surface area contributed by atoms with Crippen LogP contribution in [0.3, 0.4) is 0 Å². The Morgan fingerprint density at radius 1 is 1.36 bits per heavy atom. The van der Waals surface area contributed by atoms with Crippen LogP contribution in [0.5, 0.6) is 0 Å². The highest BCUT2D eigenvalue weighted by Gasteiger charge is 2.33. The highest BCUT2D eigenvalue weighted by Crippen LogP contribution is 2.30. The number of thioether (sulfide) groups is 1. The van der Waals surface area contributed by atoms with Gasteiger partial charge in [0.25, 0.3) is 5.91 Å². The van der Waals surface area contributed by atoms with E-state index >= 15 is 0 Å². The minimum atomic E-state index is -4.52. The number of halogens is 3. The second-order valence-electron chi connectivity index (χ2n) is 4.90. The van der Waals surface area contributed by atoms with E-state index in [1.807, 2.05) is 0 Å². The Bertz CT molecular complexity index is 577. The monoisotopic (exact) mass is 333 g/mol. The molecule has 1 aliphatic rings. The Balaban J connectivity index is 2.24. The van der Waals surface area contributed by atoms with E-state index in [1.165, 1.54) is 28.8 Å². The lowest BCUT2D eigenvalue weighted by Gasteiger charge is -2.34. The van der Waals surface area contributed by atoms with Gasteiger partial charge in [0.15, 0.2) is 0 Å². The minimum Gasteiger partial charge on any atom is -0.481 e. The third-order valence-electron chi connectivity index (χ3n) is 3.34. The van der Waals surface area contributed by atoms with E-state index in [9.17, 15) is 22.8 Å². The van der Waals surface area contributed by atoms with Gasteiger partial charge < -0.3 is 10.0 Å². The molecule has 1 aliphatic heterocycles. The first-order valence-corrected chi connectivity index (χ1v) is 7.72. The summed E-state index contributed by atoms with van der Waals surface area (Å²) in [5.74, 6) is -0.482. The van der Waals surface area contributed by atoms with Crippen molar-refractivity contribution >= 4 is 23.6 Å². The number of alkyl halides is 3. The van der Waals surface area contributed by atoms with Crippen LogP contribution in [-0.2, 0) is 11.0 Å². The van der Waals surface area contributed by atoms with Crippen molar-refractivity contribution in [3.05, 3.63) is 35.4 Å².